The average Bonchev–Trinajstić information content (AvgIpc) is 3.66. The average molecular weight is 648 g/mol. The van der Waals surface area contributed by atoms with Crippen LogP contribution in [-0.4, -0.2) is 15.0 Å². The molecule has 1 heterocycles. The maximum atomic E-state index is 10.4. The summed E-state index contributed by atoms with van der Waals surface area (Å²) in [5, 5.41) is 22.2. The molecule has 2 aliphatic rings. The van der Waals surface area contributed by atoms with Crippen molar-refractivity contribution >= 4 is 10.8 Å². The van der Waals surface area contributed by atoms with Gasteiger partial charge in [0.1, 0.15) is 0 Å². The first-order valence-electron chi connectivity index (χ1n) is 16.8. The quantitative estimate of drug-likeness (QED) is 0.190. The van der Waals surface area contributed by atoms with Crippen molar-refractivity contribution in [3.05, 3.63) is 185 Å². The lowest BCUT2D eigenvalue weighted by Crippen LogP contribution is -2.26. The molecule has 1 aromatic heterocycles. The predicted octanol–water partition coefficient (Wildman–Crippen LogP) is 10.1. The third-order valence-electron chi connectivity index (χ3n) is 10.4. The first-order chi connectivity index (χ1) is 25.2. The number of benzene rings is 7. The minimum Gasteiger partial charge on any atom is -0.208 e. The van der Waals surface area contributed by atoms with Crippen molar-refractivity contribution in [1.82, 2.24) is 15.0 Å². The molecule has 1 atom stereocenters. The Bertz CT molecular complexity index is 2770. The van der Waals surface area contributed by atoms with Crippen molar-refractivity contribution in [2.45, 2.75) is 5.41 Å². The zero-order valence-electron chi connectivity index (χ0n) is 27.2. The van der Waals surface area contributed by atoms with Crippen LogP contribution in [0.15, 0.2) is 152 Å². The number of hydrogen-bond donors (Lipinski definition) is 0. The van der Waals surface area contributed by atoms with Gasteiger partial charge in [-0.1, -0.05) is 115 Å². The standard InChI is InChI=1S/C46H25N5/c47-26-28-18-19-31-23-37-35-21-20-32(45-50-43(29-10-3-1-4-11-29)49-44(51-45)30-12-5-2-6-13-30)24-40(35)46(41(37)25-34(31)22-28)38-16-8-7-15-36(38)42-33(27-48)14-9-17-39(42)46/h1-25H. The molecule has 7 aromatic carbocycles. The Labute approximate surface area is 294 Å². The molecule has 0 radical (unpaired) electrons. The zero-order chi connectivity index (χ0) is 34.1. The van der Waals surface area contributed by atoms with Crippen molar-refractivity contribution in [3.8, 4) is 68.6 Å². The van der Waals surface area contributed by atoms with Crippen LogP contribution in [0.25, 0.3) is 67.2 Å². The molecule has 0 saturated heterocycles. The van der Waals surface area contributed by atoms with Gasteiger partial charge >= 0.3 is 0 Å². The second-order valence-corrected chi connectivity index (χ2v) is 13.0. The summed E-state index contributed by atoms with van der Waals surface area (Å²) in [6.07, 6.45) is 0. The van der Waals surface area contributed by atoms with Gasteiger partial charge in [0.2, 0.25) is 0 Å². The minimum absolute atomic E-state index is 0.581. The van der Waals surface area contributed by atoms with E-state index in [1.54, 1.807) is 0 Å². The predicted molar refractivity (Wildman–Crippen MR) is 199 cm³/mol. The van der Waals surface area contributed by atoms with E-state index in [9.17, 15) is 10.5 Å². The maximum Gasteiger partial charge on any atom is 0.164 e. The van der Waals surface area contributed by atoms with Gasteiger partial charge in [-0.25, -0.2) is 15.0 Å². The fourth-order valence-electron chi connectivity index (χ4n) is 8.21. The number of rotatable bonds is 3. The Kier molecular flexibility index (Phi) is 6.15. The van der Waals surface area contributed by atoms with Gasteiger partial charge in [0.25, 0.3) is 0 Å². The third kappa shape index (κ3) is 4.10. The summed E-state index contributed by atoms with van der Waals surface area (Å²) in [5.74, 6) is 1.79. The largest absolute Gasteiger partial charge is 0.208 e. The lowest BCUT2D eigenvalue weighted by Gasteiger charge is -2.31. The van der Waals surface area contributed by atoms with Crippen LogP contribution in [-0.2, 0) is 5.41 Å². The zero-order valence-corrected chi connectivity index (χ0v) is 27.2. The Balaban J connectivity index is 1.29. The topological polar surface area (TPSA) is 86.2 Å². The summed E-state index contributed by atoms with van der Waals surface area (Å²) in [6, 6.07) is 56.2. The highest BCUT2D eigenvalue weighted by molar-refractivity contribution is 6.01. The van der Waals surface area contributed by atoms with Crippen LogP contribution in [0.4, 0.5) is 0 Å². The van der Waals surface area contributed by atoms with Crippen LogP contribution < -0.4 is 0 Å². The van der Waals surface area contributed by atoms with Gasteiger partial charge < -0.3 is 0 Å². The molecule has 1 unspecified atom stereocenters. The molecular formula is C46H25N5. The summed E-state index contributed by atoms with van der Waals surface area (Å²) in [4.78, 5) is 15.1. The number of nitrogens with zero attached hydrogens (tertiary/aromatic N) is 5. The number of fused-ring (bicyclic) bond motifs is 11. The van der Waals surface area contributed by atoms with Crippen LogP contribution in [0.2, 0.25) is 0 Å². The van der Waals surface area contributed by atoms with E-state index in [1.165, 1.54) is 0 Å². The fourth-order valence-corrected chi connectivity index (χ4v) is 8.21. The molecule has 0 aliphatic heterocycles. The highest BCUT2D eigenvalue weighted by Gasteiger charge is 2.52. The van der Waals surface area contributed by atoms with Gasteiger partial charge in [-0.3, -0.25) is 0 Å². The van der Waals surface area contributed by atoms with Crippen LogP contribution in [0.5, 0.6) is 0 Å². The van der Waals surface area contributed by atoms with Crippen molar-refractivity contribution in [2.75, 3.05) is 0 Å². The fraction of sp³-hybridized carbons (Fsp3) is 0.0217. The first-order valence-corrected chi connectivity index (χ1v) is 16.8. The smallest absolute Gasteiger partial charge is 0.164 e. The van der Waals surface area contributed by atoms with Gasteiger partial charge in [-0.2, -0.15) is 10.5 Å². The summed E-state index contributed by atoms with van der Waals surface area (Å²) < 4.78 is 0. The summed E-state index contributed by atoms with van der Waals surface area (Å²) in [6.45, 7) is 0. The van der Waals surface area contributed by atoms with E-state index >= 15 is 0 Å². The molecule has 10 rings (SSSR count). The lowest BCUT2D eigenvalue weighted by molar-refractivity contribution is 0.795. The summed E-state index contributed by atoms with van der Waals surface area (Å²) >= 11 is 0. The molecule has 5 nitrogen and oxygen atoms in total. The van der Waals surface area contributed by atoms with Gasteiger partial charge in [-0.15, -0.1) is 0 Å². The van der Waals surface area contributed by atoms with E-state index in [2.05, 4.69) is 66.7 Å². The van der Waals surface area contributed by atoms with Crippen molar-refractivity contribution in [2.24, 2.45) is 0 Å². The molecular weight excluding hydrogens is 623 g/mol. The van der Waals surface area contributed by atoms with Gasteiger partial charge in [0.05, 0.1) is 28.7 Å². The number of nitriles is 2. The van der Waals surface area contributed by atoms with E-state index in [0.717, 1.165) is 72.0 Å². The number of hydrogen-bond acceptors (Lipinski definition) is 5. The maximum absolute atomic E-state index is 10.4. The van der Waals surface area contributed by atoms with E-state index in [1.807, 2.05) is 97.1 Å². The highest BCUT2D eigenvalue weighted by Crippen LogP contribution is 2.64. The van der Waals surface area contributed by atoms with Crippen LogP contribution in [0.1, 0.15) is 33.4 Å². The number of aromatic nitrogens is 3. The van der Waals surface area contributed by atoms with Crippen molar-refractivity contribution in [1.29, 1.82) is 10.5 Å². The van der Waals surface area contributed by atoms with Crippen molar-refractivity contribution < 1.29 is 0 Å². The minimum atomic E-state index is -0.714. The molecule has 0 fully saturated rings. The van der Waals surface area contributed by atoms with Gasteiger partial charge in [0.15, 0.2) is 17.5 Å². The molecule has 0 bridgehead atoms. The van der Waals surface area contributed by atoms with Crippen LogP contribution >= 0.6 is 0 Å². The Hall–Kier alpha value is -7.21. The monoisotopic (exact) mass is 647 g/mol. The molecule has 0 amide bonds. The molecule has 8 aromatic rings. The molecule has 5 heteroatoms. The molecule has 51 heavy (non-hydrogen) atoms. The Morgan fingerprint density at radius 3 is 1.76 bits per heavy atom. The van der Waals surface area contributed by atoms with E-state index in [0.29, 0.717) is 28.6 Å². The SMILES string of the molecule is N#Cc1ccc2cc3c(cc2c1)C1(c2cc(-c4nc(-c5ccccc5)nc(-c5ccccc5)n4)ccc2-3)c2ccccc2-c2c(C#N)cccc21. The summed E-state index contributed by atoms with van der Waals surface area (Å²) in [7, 11) is 0. The lowest BCUT2D eigenvalue weighted by atomic mass is 9.70. The van der Waals surface area contributed by atoms with Gasteiger partial charge in [-0.05, 0) is 86.1 Å². The highest BCUT2D eigenvalue weighted by atomic mass is 15.0. The van der Waals surface area contributed by atoms with E-state index in [-0.39, 0.29) is 0 Å². The van der Waals surface area contributed by atoms with E-state index in [4.69, 9.17) is 15.0 Å². The van der Waals surface area contributed by atoms with E-state index < -0.39 is 5.41 Å². The summed E-state index contributed by atoms with van der Waals surface area (Å²) in [5.41, 5.74) is 11.9. The molecule has 234 valence electrons. The second-order valence-electron chi connectivity index (χ2n) is 13.0. The third-order valence-corrected chi connectivity index (χ3v) is 10.4. The van der Waals surface area contributed by atoms with Crippen LogP contribution in [0, 0.1) is 22.7 Å². The normalized spacial score (nSPS) is 14.7. The Morgan fingerprint density at radius 1 is 0.412 bits per heavy atom. The molecule has 0 N–H and O–H groups in total. The molecule has 2 aliphatic carbocycles. The Morgan fingerprint density at radius 2 is 1.06 bits per heavy atom. The molecule has 0 saturated carbocycles. The van der Waals surface area contributed by atoms with Crippen molar-refractivity contribution in [3.63, 3.8) is 0 Å². The molecule has 1 spiro atoms. The van der Waals surface area contributed by atoms with Gasteiger partial charge in [0, 0.05) is 22.3 Å². The first kappa shape index (κ1) is 28.8. The van der Waals surface area contributed by atoms with Crippen LogP contribution in [0.3, 0.4) is 0 Å². The second kappa shape index (κ2) is 10.9.